The van der Waals surface area contributed by atoms with Gasteiger partial charge in [-0.25, -0.2) is 13.6 Å². The second kappa shape index (κ2) is 4.58. The minimum atomic E-state index is -3.78. The molecule has 0 saturated carbocycles. The average molecular weight is 269 g/mol. The minimum Gasteiger partial charge on any atom is -0.391 e. The highest BCUT2D eigenvalue weighted by Gasteiger charge is 2.18. The van der Waals surface area contributed by atoms with E-state index in [9.17, 15) is 8.42 Å². The van der Waals surface area contributed by atoms with E-state index in [0.717, 1.165) is 10.4 Å². The van der Waals surface area contributed by atoms with Gasteiger partial charge in [-0.05, 0) is 11.6 Å². The molecule has 0 amide bonds. The van der Waals surface area contributed by atoms with Gasteiger partial charge in [0.15, 0.2) is 0 Å². The van der Waals surface area contributed by atoms with Crippen LogP contribution in [0.2, 0.25) is 0 Å². The van der Waals surface area contributed by atoms with Gasteiger partial charge in [0.25, 0.3) is 0 Å². The average Bonchev–Trinajstić information content (AvgIpc) is 2.74. The summed E-state index contributed by atoms with van der Waals surface area (Å²) in [4.78, 5) is 1.15. The third kappa shape index (κ3) is 2.55. The number of aliphatic hydroxyl groups is 1. The van der Waals surface area contributed by atoms with E-state index in [2.05, 4.69) is 0 Å². The molecule has 90 valence electrons. The first-order chi connectivity index (χ1) is 8.02. The van der Waals surface area contributed by atoms with Crippen LogP contribution in [0.5, 0.6) is 0 Å². The Bertz CT molecular complexity index is 617. The van der Waals surface area contributed by atoms with E-state index in [1.807, 2.05) is 30.3 Å². The van der Waals surface area contributed by atoms with Crippen molar-refractivity contribution in [2.24, 2.45) is 5.14 Å². The van der Waals surface area contributed by atoms with Crippen molar-refractivity contribution in [3.63, 3.8) is 0 Å². The van der Waals surface area contributed by atoms with Crippen molar-refractivity contribution < 1.29 is 13.5 Å². The summed E-state index contributed by atoms with van der Waals surface area (Å²) in [6.07, 6.45) is 0. The molecular formula is C11H11NO3S2. The molecule has 0 aliphatic heterocycles. The topological polar surface area (TPSA) is 80.4 Å². The summed E-state index contributed by atoms with van der Waals surface area (Å²) in [5, 5.41) is 14.2. The molecule has 1 aromatic heterocycles. The minimum absolute atomic E-state index is 0.00357. The van der Waals surface area contributed by atoms with Gasteiger partial charge >= 0.3 is 0 Å². The maximum Gasteiger partial charge on any atom is 0.239 e. The van der Waals surface area contributed by atoms with Crippen molar-refractivity contribution >= 4 is 21.4 Å². The van der Waals surface area contributed by atoms with E-state index in [-0.39, 0.29) is 11.5 Å². The van der Waals surface area contributed by atoms with Crippen LogP contribution in [0.25, 0.3) is 10.4 Å². The number of rotatable bonds is 3. The Hall–Kier alpha value is -1.21. The molecule has 1 heterocycles. The summed E-state index contributed by atoms with van der Waals surface area (Å²) in [5.41, 5.74) is 0.905. The molecule has 0 radical (unpaired) electrons. The molecule has 0 bridgehead atoms. The van der Waals surface area contributed by atoms with Crippen molar-refractivity contribution in [1.82, 2.24) is 0 Å². The molecular weight excluding hydrogens is 258 g/mol. The number of hydrogen-bond acceptors (Lipinski definition) is 4. The molecule has 0 spiro atoms. The van der Waals surface area contributed by atoms with Gasteiger partial charge in [-0.3, -0.25) is 0 Å². The van der Waals surface area contributed by atoms with Gasteiger partial charge in [-0.15, -0.1) is 11.3 Å². The fourth-order valence-corrected chi connectivity index (χ4v) is 3.64. The molecule has 1 aromatic carbocycles. The molecule has 0 aliphatic carbocycles. The van der Waals surface area contributed by atoms with Crippen LogP contribution in [0.3, 0.4) is 0 Å². The predicted octanol–water partition coefficient (Wildman–Crippen LogP) is 1.55. The van der Waals surface area contributed by atoms with Gasteiger partial charge in [0.1, 0.15) is 0 Å². The first-order valence-corrected chi connectivity index (χ1v) is 7.20. The van der Waals surface area contributed by atoms with Crippen LogP contribution in [0.4, 0.5) is 0 Å². The van der Waals surface area contributed by atoms with Crippen molar-refractivity contribution in [3.8, 4) is 10.4 Å². The Morgan fingerprint density at radius 3 is 2.35 bits per heavy atom. The Kier molecular flexibility index (Phi) is 3.30. The third-order valence-corrected chi connectivity index (χ3v) is 4.55. The van der Waals surface area contributed by atoms with Crippen LogP contribution in [0.1, 0.15) is 4.88 Å². The molecule has 3 N–H and O–H groups in total. The lowest BCUT2D eigenvalue weighted by Crippen LogP contribution is -2.12. The summed E-state index contributed by atoms with van der Waals surface area (Å²) >= 11 is 1.23. The summed E-state index contributed by atoms with van der Waals surface area (Å²) in [5.74, 6) is 0. The van der Waals surface area contributed by atoms with Crippen molar-refractivity contribution in [1.29, 1.82) is 0 Å². The normalized spacial score (nSPS) is 11.6. The third-order valence-electron chi connectivity index (χ3n) is 2.28. The van der Waals surface area contributed by atoms with Gasteiger partial charge in [0, 0.05) is 4.88 Å². The molecule has 17 heavy (non-hydrogen) atoms. The fourth-order valence-electron chi connectivity index (χ4n) is 1.51. The Morgan fingerprint density at radius 1 is 1.24 bits per heavy atom. The van der Waals surface area contributed by atoms with Crippen LogP contribution in [0.15, 0.2) is 41.3 Å². The van der Waals surface area contributed by atoms with Crippen molar-refractivity contribution in [3.05, 3.63) is 41.3 Å². The lowest BCUT2D eigenvalue weighted by molar-refractivity contribution is 0.282. The van der Waals surface area contributed by atoms with Crippen LogP contribution in [0, 0.1) is 0 Å². The van der Waals surface area contributed by atoms with Gasteiger partial charge < -0.3 is 5.11 Å². The van der Waals surface area contributed by atoms with E-state index < -0.39 is 10.0 Å². The first-order valence-electron chi connectivity index (χ1n) is 4.84. The van der Waals surface area contributed by atoms with E-state index in [0.29, 0.717) is 4.88 Å². The maximum atomic E-state index is 11.3. The summed E-state index contributed by atoms with van der Waals surface area (Å²) < 4.78 is 22.7. The standard InChI is InChI=1S/C11H11NO3S2/c12-17(14,15)11-6-9(16-10(11)7-13)8-4-2-1-3-5-8/h1-6,13H,7H2,(H2,12,14,15). The van der Waals surface area contributed by atoms with Crippen LogP contribution >= 0.6 is 11.3 Å². The van der Waals surface area contributed by atoms with Crippen LogP contribution < -0.4 is 5.14 Å². The largest absolute Gasteiger partial charge is 0.391 e. The number of hydrogen-bond donors (Lipinski definition) is 2. The maximum absolute atomic E-state index is 11.3. The summed E-state index contributed by atoms with van der Waals surface area (Å²) in [6, 6.07) is 10.9. The fraction of sp³-hybridized carbons (Fsp3) is 0.0909. The van der Waals surface area contributed by atoms with E-state index >= 15 is 0 Å². The zero-order valence-electron chi connectivity index (χ0n) is 8.83. The van der Waals surface area contributed by atoms with Crippen molar-refractivity contribution in [2.45, 2.75) is 11.5 Å². The smallest absolute Gasteiger partial charge is 0.239 e. The molecule has 0 unspecified atom stereocenters. The van der Waals surface area contributed by atoms with E-state index in [1.165, 1.54) is 17.4 Å². The van der Waals surface area contributed by atoms with Gasteiger partial charge in [0.05, 0.1) is 16.4 Å². The molecule has 2 aromatic rings. The summed E-state index contributed by atoms with van der Waals surface area (Å²) in [7, 11) is -3.78. The van der Waals surface area contributed by atoms with Crippen LogP contribution in [-0.2, 0) is 16.6 Å². The van der Waals surface area contributed by atoms with Crippen LogP contribution in [-0.4, -0.2) is 13.5 Å². The highest BCUT2D eigenvalue weighted by molar-refractivity contribution is 7.89. The van der Waals surface area contributed by atoms with E-state index in [4.69, 9.17) is 10.2 Å². The lowest BCUT2D eigenvalue weighted by atomic mass is 10.2. The molecule has 4 nitrogen and oxygen atoms in total. The second-order valence-electron chi connectivity index (χ2n) is 3.47. The highest BCUT2D eigenvalue weighted by atomic mass is 32.2. The quantitative estimate of drug-likeness (QED) is 0.887. The molecule has 2 rings (SSSR count). The van der Waals surface area contributed by atoms with Gasteiger partial charge in [-0.1, -0.05) is 30.3 Å². The molecule has 0 aliphatic rings. The number of primary sulfonamides is 1. The predicted molar refractivity (Wildman–Crippen MR) is 67.1 cm³/mol. The number of sulfonamides is 1. The Labute approximate surface area is 103 Å². The molecule has 6 heteroatoms. The van der Waals surface area contributed by atoms with Gasteiger partial charge in [0.2, 0.25) is 10.0 Å². The Morgan fingerprint density at radius 2 is 1.88 bits per heavy atom. The number of benzene rings is 1. The summed E-state index contributed by atoms with van der Waals surface area (Å²) in [6.45, 7) is -0.330. The van der Waals surface area contributed by atoms with Crippen molar-refractivity contribution in [2.75, 3.05) is 0 Å². The SMILES string of the molecule is NS(=O)(=O)c1cc(-c2ccccc2)sc1CO. The monoisotopic (exact) mass is 269 g/mol. The van der Waals surface area contributed by atoms with Gasteiger partial charge in [-0.2, -0.15) is 0 Å². The molecule has 0 atom stereocenters. The number of thiophene rings is 1. The van der Waals surface area contributed by atoms with E-state index in [1.54, 1.807) is 0 Å². The molecule has 0 saturated heterocycles. The Balaban J connectivity index is 2.57. The first kappa shape index (κ1) is 12.3. The zero-order valence-corrected chi connectivity index (χ0v) is 10.5. The molecule has 0 fully saturated rings. The zero-order chi connectivity index (χ0) is 12.5. The number of aliphatic hydroxyl groups excluding tert-OH is 1. The second-order valence-corrected chi connectivity index (χ2v) is 6.13. The highest BCUT2D eigenvalue weighted by Crippen LogP contribution is 2.33. The number of nitrogens with two attached hydrogens (primary N) is 1. The lowest BCUT2D eigenvalue weighted by Gasteiger charge is -1.95.